The molecule has 0 radical (unpaired) electrons. The number of hydrogen-bond acceptors (Lipinski definition) is 4. The van der Waals surface area contributed by atoms with E-state index in [4.69, 9.17) is 0 Å². The minimum Gasteiger partial charge on any atom is -0.339 e. The summed E-state index contributed by atoms with van der Waals surface area (Å²) in [6, 6.07) is 3.23. The molecule has 0 spiro atoms. The van der Waals surface area contributed by atoms with Crippen LogP contribution in [-0.2, 0) is 0 Å². The molecule has 106 valence electrons. The average molecular weight is 281 g/mol. The molecule has 1 aliphatic rings. The Morgan fingerprint density at radius 3 is 2.80 bits per heavy atom. The summed E-state index contributed by atoms with van der Waals surface area (Å²) in [6.07, 6.45) is -0.00392. The number of likely N-dealkylation sites (tertiary alicyclic amines) is 1. The monoisotopic (exact) mass is 281 g/mol. The summed E-state index contributed by atoms with van der Waals surface area (Å²) >= 11 is 0. The van der Waals surface area contributed by atoms with E-state index >= 15 is 0 Å². The first-order valence-electron chi connectivity index (χ1n) is 6.40. The third-order valence-corrected chi connectivity index (χ3v) is 3.63. The number of halogens is 2. The number of nitrogens with zero attached hydrogens (tertiary/aromatic N) is 5. The van der Waals surface area contributed by atoms with Gasteiger partial charge in [-0.25, -0.2) is 13.3 Å². The van der Waals surface area contributed by atoms with Crippen LogP contribution >= 0.6 is 0 Å². The van der Waals surface area contributed by atoms with Gasteiger partial charge in [0.1, 0.15) is 0 Å². The molecule has 1 saturated heterocycles. The zero-order valence-electron chi connectivity index (χ0n) is 10.6. The third kappa shape index (κ3) is 2.33. The summed E-state index contributed by atoms with van der Waals surface area (Å²) in [5.41, 5.74) is 0.959. The standard InChI is InChI=1S/C12H13F2N5O/c13-11(14)8-1-4-18(5-2-8)12(20)9-3-6-19-10(7-9)15-16-17-19/h3,6-8,11H,1-2,4-5H2. The predicted molar refractivity (Wildman–Crippen MR) is 65.4 cm³/mol. The van der Waals surface area contributed by atoms with Crippen molar-refractivity contribution in [3.63, 3.8) is 0 Å². The second-order valence-corrected chi connectivity index (χ2v) is 4.86. The normalized spacial score (nSPS) is 17.1. The Kier molecular flexibility index (Phi) is 3.29. The maximum absolute atomic E-state index is 12.6. The van der Waals surface area contributed by atoms with E-state index in [1.54, 1.807) is 23.2 Å². The van der Waals surface area contributed by atoms with Gasteiger partial charge in [0.25, 0.3) is 5.91 Å². The molecule has 3 heterocycles. The smallest absolute Gasteiger partial charge is 0.254 e. The summed E-state index contributed by atoms with van der Waals surface area (Å²) in [5.74, 6) is -0.759. The Morgan fingerprint density at radius 2 is 2.10 bits per heavy atom. The van der Waals surface area contributed by atoms with E-state index in [0.717, 1.165) is 0 Å². The number of carbonyl (C=O) groups excluding carboxylic acids is 1. The van der Waals surface area contributed by atoms with E-state index in [9.17, 15) is 13.6 Å². The SMILES string of the molecule is O=C(c1ccn2nnnc2c1)N1CCC(C(F)F)CC1. The van der Waals surface area contributed by atoms with Crippen LogP contribution in [0.15, 0.2) is 18.3 Å². The van der Waals surface area contributed by atoms with Crippen LogP contribution in [0.2, 0.25) is 0 Å². The lowest BCUT2D eigenvalue weighted by Gasteiger charge is -2.31. The van der Waals surface area contributed by atoms with Gasteiger partial charge in [0, 0.05) is 30.8 Å². The number of rotatable bonds is 2. The van der Waals surface area contributed by atoms with Crippen LogP contribution in [0.1, 0.15) is 23.2 Å². The number of alkyl halides is 2. The number of carbonyl (C=O) groups is 1. The van der Waals surface area contributed by atoms with Gasteiger partial charge in [-0.15, -0.1) is 5.10 Å². The maximum Gasteiger partial charge on any atom is 0.254 e. The lowest BCUT2D eigenvalue weighted by atomic mass is 9.97. The molecule has 0 bridgehead atoms. The predicted octanol–water partition coefficient (Wildman–Crippen LogP) is 1.24. The van der Waals surface area contributed by atoms with Gasteiger partial charge in [-0.2, -0.15) is 0 Å². The van der Waals surface area contributed by atoms with Gasteiger partial charge in [-0.3, -0.25) is 4.79 Å². The number of tetrazole rings is 1. The van der Waals surface area contributed by atoms with Crippen molar-refractivity contribution in [1.82, 2.24) is 24.9 Å². The highest BCUT2D eigenvalue weighted by Gasteiger charge is 2.28. The molecule has 1 amide bonds. The second kappa shape index (κ2) is 5.10. The molecule has 2 aromatic rings. The first kappa shape index (κ1) is 12.9. The van der Waals surface area contributed by atoms with Crippen LogP contribution in [0.4, 0.5) is 8.78 Å². The Hall–Kier alpha value is -2.12. The van der Waals surface area contributed by atoms with Crippen LogP contribution < -0.4 is 0 Å². The summed E-state index contributed by atoms with van der Waals surface area (Å²) < 4.78 is 26.6. The molecule has 6 nitrogen and oxygen atoms in total. The second-order valence-electron chi connectivity index (χ2n) is 4.86. The highest BCUT2D eigenvalue weighted by molar-refractivity contribution is 5.95. The van der Waals surface area contributed by atoms with Crippen LogP contribution in [0.25, 0.3) is 5.65 Å². The van der Waals surface area contributed by atoms with Crippen LogP contribution in [0, 0.1) is 5.92 Å². The number of piperidine rings is 1. The van der Waals surface area contributed by atoms with E-state index in [0.29, 0.717) is 37.1 Å². The van der Waals surface area contributed by atoms with Crippen molar-refractivity contribution in [3.05, 3.63) is 23.9 Å². The fourth-order valence-electron chi connectivity index (χ4n) is 2.41. The first-order chi connectivity index (χ1) is 9.65. The van der Waals surface area contributed by atoms with Crippen molar-refractivity contribution < 1.29 is 13.6 Å². The van der Waals surface area contributed by atoms with Gasteiger partial charge in [-0.05, 0) is 35.4 Å². The Balaban J connectivity index is 1.73. The van der Waals surface area contributed by atoms with Gasteiger partial charge < -0.3 is 4.90 Å². The molecule has 0 aromatic carbocycles. The Morgan fingerprint density at radius 1 is 1.35 bits per heavy atom. The molecule has 1 aliphatic heterocycles. The highest BCUT2D eigenvalue weighted by atomic mass is 19.3. The molecule has 0 atom stereocenters. The van der Waals surface area contributed by atoms with Crippen molar-refractivity contribution in [2.75, 3.05) is 13.1 Å². The Labute approximate surface area is 113 Å². The molecule has 8 heteroatoms. The molecular weight excluding hydrogens is 268 g/mol. The minimum atomic E-state index is -2.30. The summed E-state index contributed by atoms with van der Waals surface area (Å²) in [7, 11) is 0. The topological polar surface area (TPSA) is 63.4 Å². The minimum absolute atomic E-state index is 0.164. The third-order valence-electron chi connectivity index (χ3n) is 3.63. The molecule has 0 N–H and O–H groups in total. The van der Waals surface area contributed by atoms with Crippen molar-refractivity contribution in [2.45, 2.75) is 19.3 Å². The van der Waals surface area contributed by atoms with Crippen molar-refractivity contribution in [1.29, 1.82) is 0 Å². The fourth-order valence-corrected chi connectivity index (χ4v) is 2.41. The van der Waals surface area contributed by atoms with E-state index in [-0.39, 0.29) is 5.91 Å². The largest absolute Gasteiger partial charge is 0.339 e. The number of hydrogen-bond donors (Lipinski definition) is 0. The van der Waals surface area contributed by atoms with E-state index < -0.39 is 12.3 Å². The number of fused-ring (bicyclic) bond motifs is 1. The lowest BCUT2D eigenvalue weighted by Crippen LogP contribution is -2.40. The molecule has 2 aromatic heterocycles. The van der Waals surface area contributed by atoms with Gasteiger partial charge in [0.2, 0.25) is 6.43 Å². The molecule has 20 heavy (non-hydrogen) atoms. The van der Waals surface area contributed by atoms with E-state index in [1.807, 2.05) is 0 Å². The molecule has 0 saturated carbocycles. The highest BCUT2D eigenvalue weighted by Crippen LogP contribution is 2.24. The van der Waals surface area contributed by atoms with E-state index in [2.05, 4.69) is 15.5 Å². The molecule has 0 unspecified atom stereocenters. The van der Waals surface area contributed by atoms with Gasteiger partial charge in [0.15, 0.2) is 5.65 Å². The fraction of sp³-hybridized carbons (Fsp3) is 0.500. The quantitative estimate of drug-likeness (QED) is 0.831. The van der Waals surface area contributed by atoms with E-state index in [1.165, 1.54) is 4.52 Å². The van der Waals surface area contributed by atoms with Crippen molar-refractivity contribution in [3.8, 4) is 0 Å². The average Bonchev–Trinajstić information content (AvgIpc) is 2.94. The van der Waals surface area contributed by atoms with Crippen LogP contribution in [0.5, 0.6) is 0 Å². The van der Waals surface area contributed by atoms with Crippen molar-refractivity contribution in [2.24, 2.45) is 5.92 Å². The first-order valence-corrected chi connectivity index (χ1v) is 6.40. The van der Waals surface area contributed by atoms with Gasteiger partial charge >= 0.3 is 0 Å². The zero-order valence-corrected chi connectivity index (χ0v) is 10.6. The van der Waals surface area contributed by atoms with Crippen molar-refractivity contribution >= 4 is 11.6 Å². The summed E-state index contributed by atoms with van der Waals surface area (Å²) in [5, 5.41) is 11.0. The molecule has 3 rings (SSSR count). The summed E-state index contributed by atoms with van der Waals surface area (Å²) in [4.78, 5) is 13.9. The summed E-state index contributed by atoms with van der Waals surface area (Å²) in [6.45, 7) is 0.730. The Bertz CT molecular complexity index is 621. The van der Waals surface area contributed by atoms with Crippen LogP contribution in [0.3, 0.4) is 0 Å². The van der Waals surface area contributed by atoms with Crippen LogP contribution in [-0.4, -0.2) is 50.4 Å². The number of aromatic nitrogens is 4. The number of pyridine rings is 1. The lowest BCUT2D eigenvalue weighted by molar-refractivity contribution is 0.0311. The molecule has 1 fully saturated rings. The maximum atomic E-state index is 12.6. The zero-order chi connectivity index (χ0) is 14.1. The molecule has 0 aliphatic carbocycles. The number of amides is 1. The molecular formula is C12H13F2N5O. The van der Waals surface area contributed by atoms with Gasteiger partial charge in [-0.1, -0.05) is 0 Å². The van der Waals surface area contributed by atoms with Gasteiger partial charge in [0.05, 0.1) is 0 Å².